The van der Waals surface area contributed by atoms with Gasteiger partial charge in [0.2, 0.25) is 5.91 Å². The molecule has 136 valence electrons. The molecule has 0 aliphatic carbocycles. The van der Waals surface area contributed by atoms with Gasteiger partial charge in [0, 0.05) is 13.2 Å². The van der Waals surface area contributed by atoms with Crippen molar-refractivity contribution >= 4 is 5.91 Å². The molecule has 5 heteroatoms. The molecule has 26 heavy (non-hydrogen) atoms. The highest BCUT2D eigenvalue weighted by Crippen LogP contribution is 2.35. The van der Waals surface area contributed by atoms with E-state index in [2.05, 4.69) is 5.32 Å². The second kappa shape index (κ2) is 7.38. The van der Waals surface area contributed by atoms with Gasteiger partial charge < -0.3 is 19.5 Å². The van der Waals surface area contributed by atoms with E-state index in [1.165, 1.54) is 0 Å². The van der Waals surface area contributed by atoms with Crippen molar-refractivity contribution in [3.05, 3.63) is 60.2 Å². The first kappa shape index (κ1) is 16.9. The van der Waals surface area contributed by atoms with Gasteiger partial charge in [-0.15, -0.1) is 0 Å². The van der Waals surface area contributed by atoms with Crippen molar-refractivity contribution in [3.63, 3.8) is 0 Å². The molecule has 1 saturated heterocycles. The minimum Gasteiger partial charge on any atom is -0.486 e. The number of carbonyl (C=O) groups is 1. The highest BCUT2D eigenvalue weighted by atomic mass is 16.6. The molecule has 1 amide bonds. The molecule has 1 N–H and O–H groups in total. The molecular weight excluding hydrogens is 330 g/mol. The molecule has 2 aliphatic rings. The Morgan fingerprint density at radius 3 is 2.46 bits per heavy atom. The van der Waals surface area contributed by atoms with Gasteiger partial charge in [0.25, 0.3) is 0 Å². The monoisotopic (exact) mass is 353 g/mol. The van der Waals surface area contributed by atoms with Crippen LogP contribution >= 0.6 is 0 Å². The topological polar surface area (TPSA) is 56.8 Å². The van der Waals surface area contributed by atoms with Crippen molar-refractivity contribution in [2.45, 2.75) is 24.4 Å². The van der Waals surface area contributed by atoms with Crippen molar-refractivity contribution in [3.8, 4) is 11.5 Å². The Hall–Kier alpha value is -2.53. The van der Waals surface area contributed by atoms with E-state index in [1.54, 1.807) is 0 Å². The summed E-state index contributed by atoms with van der Waals surface area (Å²) in [5.74, 6) is 1.51. The molecule has 0 unspecified atom stereocenters. The summed E-state index contributed by atoms with van der Waals surface area (Å²) in [6.45, 7) is 2.04. The number of carbonyl (C=O) groups excluding carboxylic acids is 1. The van der Waals surface area contributed by atoms with Crippen LogP contribution in [-0.4, -0.2) is 38.4 Å². The fourth-order valence-electron chi connectivity index (χ4n) is 3.66. The molecule has 2 aromatic carbocycles. The maximum Gasteiger partial charge on any atom is 0.230 e. The second-order valence-corrected chi connectivity index (χ2v) is 6.77. The van der Waals surface area contributed by atoms with E-state index < -0.39 is 5.41 Å². The molecule has 0 saturated carbocycles. The third-order valence-electron chi connectivity index (χ3n) is 5.17. The van der Waals surface area contributed by atoms with E-state index in [0.717, 1.165) is 17.1 Å². The standard InChI is InChI=1S/C21H23NO4/c23-20(21(10-12-24-13-11-21)16-6-2-1-3-7-16)22-14-17-15-25-18-8-4-5-9-19(18)26-17/h1-9,17H,10-15H2,(H,22,23)/t17-/m1/s1. The van der Waals surface area contributed by atoms with Crippen LogP contribution in [0.5, 0.6) is 11.5 Å². The minimum absolute atomic E-state index is 0.0365. The zero-order valence-corrected chi connectivity index (χ0v) is 14.6. The zero-order valence-electron chi connectivity index (χ0n) is 14.6. The zero-order chi connectivity index (χ0) is 17.8. The van der Waals surface area contributed by atoms with E-state index in [4.69, 9.17) is 14.2 Å². The Bertz CT molecular complexity index is 756. The molecule has 0 spiro atoms. The third-order valence-corrected chi connectivity index (χ3v) is 5.17. The summed E-state index contributed by atoms with van der Waals surface area (Å²) < 4.78 is 17.2. The van der Waals surface area contributed by atoms with Crippen LogP contribution < -0.4 is 14.8 Å². The van der Waals surface area contributed by atoms with Crippen molar-refractivity contribution in [2.24, 2.45) is 0 Å². The fraction of sp³-hybridized carbons (Fsp3) is 0.381. The quantitative estimate of drug-likeness (QED) is 0.918. The lowest BCUT2D eigenvalue weighted by atomic mass is 9.73. The molecule has 2 aromatic rings. The molecule has 2 heterocycles. The first-order valence-electron chi connectivity index (χ1n) is 9.08. The lowest BCUT2D eigenvalue weighted by Crippen LogP contribution is -2.51. The predicted octanol–water partition coefficient (Wildman–Crippen LogP) is 2.69. The van der Waals surface area contributed by atoms with Crippen molar-refractivity contribution < 1.29 is 19.0 Å². The smallest absolute Gasteiger partial charge is 0.230 e. The number of ether oxygens (including phenoxy) is 3. The number of hydrogen-bond acceptors (Lipinski definition) is 4. The summed E-state index contributed by atoms with van der Waals surface area (Å²) in [5, 5.41) is 3.09. The van der Waals surface area contributed by atoms with Gasteiger partial charge in [-0.05, 0) is 30.5 Å². The number of amides is 1. The number of fused-ring (bicyclic) bond motifs is 1. The molecule has 1 atom stereocenters. The maximum absolute atomic E-state index is 13.1. The van der Waals surface area contributed by atoms with Crippen LogP contribution in [0.15, 0.2) is 54.6 Å². The summed E-state index contributed by atoms with van der Waals surface area (Å²) in [6.07, 6.45) is 1.18. The SMILES string of the molecule is O=C(NC[C@@H]1COc2ccccc2O1)C1(c2ccccc2)CCOCC1. The van der Waals surface area contributed by atoms with Gasteiger partial charge in [-0.25, -0.2) is 0 Å². The number of hydrogen-bond donors (Lipinski definition) is 1. The lowest BCUT2D eigenvalue weighted by molar-refractivity contribution is -0.131. The molecule has 5 nitrogen and oxygen atoms in total. The highest BCUT2D eigenvalue weighted by Gasteiger charge is 2.41. The Morgan fingerprint density at radius 2 is 1.69 bits per heavy atom. The van der Waals surface area contributed by atoms with Gasteiger partial charge >= 0.3 is 0 Å². The number of para-hydroxylation sites is 2. The molecule has 2 aliphatic heterocycles. The van der Waals surface area contributed by atoms with Crippen LogP contribution in [-0.2, 0) is 14.9 Å². The van der Waals surface area contributed by atoms with Crippen LogP contribution in [0.4, 0.5) is 0 Å². The van der Waals surface area contributed by atoms with Gasteiger partial charge in [-0.3, -0.25) is 4.79 Å². The van der Waals surface area contributed by atoms with Crippen LogP contribution in [0.1, 0.15) is 18.4 Å². The fourth-order valence-corrected chi connectivity index (χ4v) is 3.66. The van der Waals surface area contributed by atoms with Gasteiger partial charge in [-0.2, -0.15) is 0 Å². The molecule has 4 rings (SSSR count). The van der Waals surface area contributed by atoms with E-state index in [9.17, 15) is 4.79 Å². The Labute approximate surface area is 153 Å². The maximum atomic E-state index is 13.1. The van der Waals surface area contributed by atoms with Crippen LogP contribution in [0.25, 0.3) is 0 Å². The lowest BCUT2D eigenvalue weighted by Gasteiger charge is -2.37. The largest absolute Gasteiger partial charge is 0.486 e. The van der Waals surface area contributed by atoms with Gasteiger partial charge in [-0.1, -0.05) is 42.5 Å². The summed E-state index contributed by atoms with van der Waals surface area (Å²) >= 11 is 0. The minimum atomic E-state index is -0.535. The van der Waals surface area contributed by atoms with E-state index in [-0.39, 0.29) is 12.0 Å². The van der Waals surface area contributed by atoms with Crippen molar-refractivity contribution in [1.82, 2.24) is 5.32 Å². The number of benzene rings is 2. The molecular formula is C21H23NO4. The van der Waals surface area contributed by atoms with E-state index in [0.29, 0.717) is 39.2 Å². The van der Waals surface area contributed by atoms with Crippen LogP contribution in [0, 0.1) is 0 Å². The third kappa shape index (κ3) is 3.27. The molecule has 0 aromatic heterocycles. The van der Waals surface area contributed by atoms with Crippen LogP contribution in [0.2, 0.25) is 0 Å². The Kier molecular flexibility index (Phi) is 4.80. The first-order chi connectivity index (χ1) is 12.8. The Morgan fingerprint density at radius 1 is 1.00 bits per heavy atom. The number of nitrogens with one attached hydrogen (secondary N) is 1. The van der Waals surface area contributed by atoms with E-state index >= 15 is 0 Å². The average molecular weight is 353 g/mol. The van der Waals surface area contributed by atoms with Gasteiger partial charge in [0.05, 0.1) is 12.0 Å². The van der Waals surface area contributed by atoms with Gasteiger partial charge in [0.15, 0.2) is 11.5 Å². The Balaban J connectivity index is 1.45. The normalized spacial score (nSPS) is 21.0. The number of rotatable bonds is 4. The summed E-state index contributed by atoms with van der Waals surface area (Å²) in [7, 11) is 0. The van der Waals surface area contributed by atoms with Crippen molar-refractivity contribution in [1.29, 1.82) is 0 Å². The average Bonchev–Trinajstić information content (AvgIpc) is 2.73. The summed E-state index contributed by atoms with van der Waals surface area (Å²) in [5.41, 5.74) is 0.513. The second-order valence-electron chi connectivity index (χ2n) is 6.77. The van der Waals surface area contributed by atoms with E-state index in [1.807, 2.05) is 54.6 Å². The van der Waals surface area contributed by atoms with Gasteiger partial charge in [0.1, 0.15) is 12.7 Å². The summed E-state index contributed by atoms with van der Waals surface area (Å²) in [6, 6.07) is 17.6. The molecule has 1 fully saturated rings. The van der Waals surface area contributed by atoms with Crippen LogP contribution in [0.3, 0.4) is 0 Å². The molecule has 0 radical (unpaired) electrons. The predicted molar refractivity (Wildman–Crippen MR) is 97.5 cm³/mol. The first-order valence-corrected chi connectivity index (χ1v) is 9.08. The van der Waals surface area contributed by atoms with Crippen molar-refractivity contribution in [2.75, 3.05) is 26.4 Å². The molecule has 0 bridgehead atoms. The summed E-state index contributed by atoms with van der Waals surface area (Å²) in [4.78, 5) is 13.1. The highest BCUT2D eigenvalue weighted by molar-refractivity contribution is 5.88.